The Morgan fingerprint density at radius 1 is 1.00 bits per heavy atom. The predicted molar refractivity (Wildman–Crippen MR) is 111 cm³/mol. The third-order valence-corrected chi connectivity index (χ3v) is 5.71. The van der Waals surface area contributed by atoms with Crippen molar-refractivity contribution < 1.29 is 35.9 Å². The first-order valence-electron chi connectivity index (χ1n) is 10.2. The minimum Gasteiger partial charge on any atom is -0.406 e. The fraction of sp³-hybridized carbons (Fsp3) is 0.409. The van der Waals surface area contributed by atoms with Gasteiger partial charge in [0.1, 0.15) is 5.75 Å². The van der Waals surface area contributed by atoms with Gasteiger partial charge in [0.15, 0.2) is 0 Å². The van der Waals surface area contributed by atoms with Crippen LogP contribution in [0.4, 0.5) is 32.0 Å². The molecular formula is C22H21ClF6N2O2. The van der Waals surface area contributed by atoms with Crippen molar-refractivity contribution in [2.45, 2.75) is 44.3 Å². The molecule has 4 nitrogen and oxygen atoms in total. The lowest BCUT2D eigenvalue weighted by molar-refractivity contribution is -0.274. The highest BCUT2D eigenvalue weighted by atomic mass is 35.5. The van der Waals surface area contributed by atoms with E-state index < -0.39 is 24.0 Å². The fourth-order valence-corrected chi connectivity index (χ4v) is 3.92. The lowest BCUT2D eigenvalue weighted by Crippen LogP contribution is -2.38. The number of nitrogens with one attached hydrogen (secondary N) is 2. The number of alkyl halides is 6. The molecule has 11 heteroatoms. The van der Waals surface area contributed by atoms with Crippen molar-refractivity contribution in [2.75, 3.05) is 11.9 Å². The molecule has 0 spiro atoms. The zero-order valence-corrected chi connectivity index (χ0v) is 17.9. The molecule has 1 amide bonds. The van der Waals surface area contributed by atoms with E-state index in [0.29, 0.717) is 25.1 Å². The van der Waals surface area contributed by atoms with Crippen LogP contribution in [0, 0.1) is 5.92 Å². The van der Waals surface area contributed by atoms with Gasteiger partial charge in [-0.1, -0.05) is 17.7 Å². The molecule has 0 bridgehead atoms. The summed E-state index contributed by atoms with van der Waals surface area (Å²) in [6.45, 7) is 0.523. The van der Waals surface area contributed by atoms with Gasteiger partial charge in [0.05, 0.1) is 16.1 Å². The highest BCUT2D eigenvalue weighted by molar-refractivity contribution is 6.33. The highest BCUT2D eigenvalue weighted by Gasteiger charge is 2.32. The van der Waals surface area contributed by atoms with Crippen LogP contribution < -0.4 is 15.4 Å². The molecule has 0 aromatic heterocycles. The molecule has 0 unspecified atom stereocenters. The molecule has 1 aliphatic carbocycles. The Kier molecular flexibility index (Phi) is 7.66. The molecule has 33 heavy (non-hydrogen) atoms. The van der Waals surface area contributed by atoms with E-state index in [1.807, 2.05) is 0 Å². The zero-order chi connectivity index (χ0) is 24.2. The van der Waals surface area contributed by atoms with Crippen LogP contribution in [-0.2, 0) is 6.18 Å². The summed E-state index contributed by atoms with van der Waals surface area (Å²) < 4.78 is 79.7. The van der Waals surface area contributed by atoms with Crippen LogP contribution in [0.2, 0.25) is 5.02 Å². The first kappa shape index (κ1) is 25.0. The first-order valence-corrected chi connectivity index (χ1v) is 10.6. The zero-order valence-electron chi connectivity index (χ0n) is 17.2. The lowest BCUT2D eigenvalue weighted by Gasteiger charge is -2.29. The van der Waals surface area contributed by atoms with E-state index in [-0.39, 0.29) is 28.3 Å². The first-order chi connectivity index (χ1) is 15.4. The maximum absolute atomic E-state index is 12.9. The molecule has 0 heterocycles. The van der Waals surface area contributed by atoms with Gasteiger partial charge >= 0.3 is 12.5 Å². The molecule has 0 radical (unpaired) electrons. The molecular weight excluding hydrogens is 474 g/mol. The number of amides is 1. The van der Waals surface area contributed by atoms with Crippen molar-refractivity contribution in [3.63, 3.8) is 0 Å². The van der Waals surface area contributed by atoms with Crippen LogP contribution in [0.3, 0.4) is 0 Å². The molecule has 0 atom stereocenters. The van der Waals surface area contributed by atoms with Gasteiger partial charge in [0.25, 0.3) is 5.91 Å². The SMILES string of the molecule is O=C(NC1CCC(CNc2cccc(OC(F)(F)F)c2)CC1)c1cc(C(F)(F)F)ccc1Cl. The minimum absolute atomic E-state index is 0.0601. The number of ether oxygens (including phenoxy) is 1. The van der Waals surface area contributed by atoms with E-state index >= 15 is 0 Å². The van der Waals surface area contributed by atoms with Gasteiger partial charge in [-0.2, -0.15) is 13.2 Å². The Morgan fingerprint density at radius 2 is 1.70 bits per heavy atom. The summed E-state index contributed by atoms with van der Waals surface area (Å²) in [7, 11) is 0. The van der Waals surface area contributed by atoms with Crippen molar-refractivity contribution >= 4 is 23.2 Å². The van der Waals surface area contributed by atoms with Crippen LogP contribution in [0.1, 0.15) is 41.6 Å². The van der Waals surface area contributed by atoms with Crippen LogP contribution in [0.5, 0.6) is 5.75 Å². The van der Waals surface area contributed by atoms with Gasteiger partial charge in [0.2, 0.25) is 0 Å². The molecule has 2 aromatic rings. The van der Waals surface area contributed by atoms with Crippen LogP contribution in [0.25, 0.3) is 0 Å². The molecule has 2 aromatic carbocycles. The summed E-state index contributed by atoms with van der Waals surface area (Å²) in [6.07, 6.45) is -6.65. The third-order valence-electron chi connectivity index (χ3n) is 5.38. The van der Waals surface area contributed by atoms with Crippen molar-refractivity contribution in [2.24, 2.45) is 5.92 Å². The average molecular weight is 495 g/mol. The Balaban J connectivity index is 1.49. The topological polar surface area (TPSA) is 50.4 Å². The second kappa shape index (κ2) is 10.1. The van der Waals surface area contributed by atoms with Crippen LogP contribution in [-0.4, -0.2) is 24.9 Å². The smallest absolute Gasteiger partial charge is 0.406 e. The number of benzene rings is 2. The van der Waals surface area contributed by atoms with Crippen molar-refractivity contribution in [1.29, 1.82) is 0 Å². The molecule has 180 valence electrons. The van der Waals surface area contributed by atoms with Gasteiger partial charge in [-0.25, -0.2) is 0 Å². The van der Waals surface area contributed by atoms with E-state index in [1.165, 1.54) is 18.2 Å². The number of hydrogen-bond donors (Lipinski definition) is 2. The second-order valence-electron chi connectivity index (χ2n) is 7.84. The lowest BCUT2D eigenvalue weighted by atomic mass is 9.86. The average Bonchev–Trinajstić information content (AvgIpc) is 2.71. The van der Waals surface area contributed by atoms with E-state index in [1.54, 1.807) is 6.07 Å². The van der Waals surface area contributed by atoms with Gasteiger partial charge in [-0.15, -0.1) is 13.2 Å². The fourth-order valence-electron chi connectivity index (χ4n) is 3.72. The third kappa shape index (κ3) is 7.45. The van der Waals surface area contributed by atoms with Gasteiger partial charge < -0.3 is 15.4 Å². The summed E-state index contributed by atoms with van der Waals surface area (Å²) in [6, 6.07) is 7.97. The molecule has 1 aliphatic rings. The quantitative estimate of drug-likeness (QED) is 0.442. The molecule has 1 fully saturated rings. The van der Waals surface area contributed by atoms with Crippen molar-refractivity contribution in [1.82, 2.24) is 5.32 Å². The van der Waals surface area contributed by atoms with Gasteiger partial charge in [-0.05, 0) is 61.9 Å². The van der Waals surface area contributed by atoms with Crippen LogP contribution in [0.15, 0.2) is 42.5 Å². The molecule has 2 N–H and O–H groups in total. The molecule has 3 rings (SSSR count). The van der Waals surface area contributed by atoms with Crippen molar-refractivity contribution in [3.05, 3.63) is 58.6 Å². The van der Waals surface area contributed by atoms with Crippen LogP contribution >= 0.6 is 11.6 Å². The van der Waals surface area contributed by atoms with E-state index in [2.05, 4.69) is 15.4 Å². The molecule has 0 saturated heterocycles. The van der Waals surface area contributed by atoms with Gasteiger partial charge in [-0.3, -0.25) is 4.79 Å². The normalized spacial score (nSPS) is 19.1. The minimum atomic E-state index is -4.76. The number of hydrogen-bond acceptors (Lipinski definition) is 3. The number of halogens is 7. The Labute approximate surface area is 191 Å². The summed E-state index contributed by atoms with van der Waals surface area (Å²) in [5.41, 5.74) is -0.681. The van der Waals surface area contributed by atoms with Gasteiger partial charge in [0, 0.05) is 24.3 Å². The van der Waals surface area contributed by atoms with Crippen molar-refractivity contribution in [3.8, 4) is 5.75 Å². The maximum atomic E-state index is 12.9. The number of anilines is 1. The summed E-state index contributed by atoms with van der Waals surface area (Å²) in [5.74, 6) is -0.746. The largest absolute Gasteiger partial charge is 0.573 e. The number of carbonyl (C=O) groups excluding carboxylic acids is 1. The Morgan fingerprint density at radius 3 is 2.33 bits per heavy atom. The number of rotatable bonds is 6. The molecule has 1 saturated carbocycles. The standard InChI is InChI=1S/C22H21ClF6N2O2/c23-19-9-6-14(21(24,25)26)10-18(19)20(32)31-15-7-4-13(5-8-15)12-30-16-2-1-3-17(11-16)33-22(27,28)29/h1-3,6,9-11,13,15,30H,4-5,7-8,12H2,(H,31,32). The molecule has 0 aliphatic heterocycles. The predicted octanol–water partition coefficient (Wildman–Crippen LogP) is 6.66. The van der Waals surface area contributed by atoms with E-state index in [4.69, 9.17) is 11.6 Å². The highest BCUT2D eigenvalue weighted by Crippen LogP contribution is 2.32. The summed E-state index contributed by atoms with van der Waals surface area (Å²) in [4.78, 5) is 12.5. The maximum Gasteiger partial charge on any atom is 0.573 e. The summed E-state index contributed by atoms with van der Waals surface area (Å²) >= 11 is 5.92. The summed E-state index contributed by atoms with van der Waals surface area (Å²) in [5, 5.41) is 5.78. The number of carbonyl (C=O) groups is 1. The van der Waals surface area contributed by atoms with E-state index in [9.17, 15) is 31.1 Å². The Hall–Kier alpha value is -2.62. The second-order valence-corrected chi connectivity index (χ2v) is 8.25. The monoisotopic (exact) mass is 494 g/mol. The Bertz CT molecular complexity index is 972. The van der Waals surface area contributed by atoms with E-state index in [0.717, 1.165) is 31.0 Å².